The van der Waals surface area contributed by atoms with Gasteiger partial charge in [0.1, 0.15) is 5.82 Å². The van der Waals surface area contributed by atoms with Gasteiger partial charge >= 0.3 is 0 Å². The first-order chi connectivity index (χ1) is 36.1. The Morgan fingerprint density at radius 3 is 0.986 bits per heavy atom. The summed E-state index contributed by atoms with van der Waals surface area (Å²) in [4.78, 5) is 27.3. The van der Waals surface area contributed by atoms with Crippen LogP contribution in [0.25, 0.3) is 139 Å². The number of nitrogens with zero attached hydrogens (tertiary/aromatic N) is 6. The average molecular weight is 931 g/mol. The summed E-state index contributed by atoms with van der Waals surface area (Å²) in [5, 5.41) is 9.24. The molecular formula is C67H42N6. The molecule has 14 rings (SSSR count). The van der Waals surface area contributed by atoms with Crippen molar-refractivity contribution in [2.45, 2.75) is 0 Å². The van der Waals surface area contributed by atoms with E-state index in [1.165, 1.54) is 21.5 Å². The van der Waals surface area contributed by atoms with Crippen molar-refractivity contribution in [3.8, 4) is 84.9 Å². The number of hydrogen-bond acceptors (Lipinski definition) is 5. The predicted molar refractivity (Wildman–Crippen MR) is 300 cm³/mol. The Kier molecular flexibility index (Phi) is 10.1. The molecule has 0 saturated heterocycles. The molecule has 0 amide bonds. The van der Waals surface area contributed by atoms with Crippen molar-refractivity contribution in [3.05, 3.63) is 255 Å². The molecule has 0 aliphatic rings. The van der Waals surface area contributed by atoms with Crippen molar-refractivity contribution >= 4 is 54.1 Å². The number of fused-ring (bicyclic) bond motifs is 5. The highest BCUT2D eigenvalue weighted by molar-refractivity contribution is 5.93. The van der Waals surface area contributed by atoms with E-state index in [0.717, 1.165) is 106 Å². The Bertz CT molecular complexity index is 4040. The minimum Gasteiger partial charge on any atom is -0.292 e. The normalized spacial score (nSPS) is 11.6. The maximum absolute atomic E-state index is 5.47. The lowest BCUT2D eigenvalue weighted by Crippen LogP contribution is -2.01. The molecule has 3 heterocycles. The fraction of sp³-hybridized carbons (Fsp3) is 0. The Hall–Kier alpha value is -9.91. The zero-order valence-electron chi connectivity index (χ0n) is 39.4. The van der Waals surface area contributed by atoms with Crippen molar-refractivity contribution in [3.63, 3.8) is 0 Å². The van der Waals surface area contributed by atoms with E-state index in [4.69, 9.17) is 24.9 Å². The summed E-state index contributed by atoms with van der Waals surface area (Å²) >= 11 is 0. The van der Waals surface area contributed by atoms with Gasteiger partial charge in [-0.05, 0) is 122 Å². The monoisotopic (exact) mass is 930 g/mol. The van der Waals surface area contributed by atoms with Crippen LogP contribution in [-0.2, 0) is 0 Å². The summed E-state index contributed by atoms with van der Waals surface area (Å²) in [6.07, 6.45) is 0. The Morgan fingerprint density at radius 2 is 0.575 bits per heavy atom. The van der Waals surface area contributed by atoms with Gasteiger partial charge < -0.3 is 0 Å². The largest absolute Gasteiger partial charge is 0.292 e. The molecule has 3 aromatic heterocycles. The third-order valence-corrected chi connectivity index (χ3v) is 13.9. The summed E-state index contributed by atoms with van der Waals surface area (Å²) in [7, 11) is 0. The Morgan fingerprint density at radius 1 is 0.233 bits per heavy atom. The predicted octanol–water partition coefficient (Wildman–Crippen LogP) is 16.9. The van der Waals surface area contributed by atoms with Crippen LogP contribution in [-0.4, -0.2) is 29.5 Å². The molecule has 340 valence electrons. The van der Waals surface area contributed by atoms with E-state index in [2.05, 4.69) is 247 Å². The molecule has 0 atom stereocenters. The SMILES string of the molecule is c1ccc(-n2c(-c3cc(-c4nc(-c5ccc6ccccc6c5)cc(-c5ccc6ccccc6c5)n4)cc(-c4nc(-c5ccc6ccccc6c5)cc(-c5ccc6ccccc6c5)n4)c3)nc3ccccc32)cc1. The van der Waals surface area contributed by atoms with Gasteiger partial charge in [0, 0.05) is 44.6 Å². The second-order valence-corrected chi connectivity index (χ2v) is 18.6. The molecule has 0 saturated carbocycles. The van der Waals surface area contributed by atoms with Gasteiger partial charge in [-0.1, -0.05) is 176 Å². The zero-order chi connectivity index (χ0) is 48.2. The number of para-hydroxylation sites is 3. The van der Waals surface area contributed by atoms with E-state index in [9.17, 15) is 0 Å². The average Bonchev–Trinajstić information content (AvgIpc) is 3.87. The first-order valence-corrected chi connectivity index (χ1v) is 24.5. The molecule has 6 heteroatoms. The molecule has 0 N–H and O–H groups in total. The third-order valence-electron chi connectivity index (χ3n) is 13.9. The van der Waals surface area contributed by atoms with Crippen molar-refractivity contribution in [2.75, 3.05) is 0 Å². The first kappa shape index (κ1) is 42.0. The highest BCUT2D eigenvalue weighted by Crippen LogP contribution is 2.38. The van der Waals surface area contributed by atoms with E-state index in [-0.39, 0.29) is 0 Å². The topological polar surface area (TPSA) is 69.4 Å². The van der Waals surface area contributed by atoms with E-state index >= 15 is 0 Å². The third kappa shape index (κ3) is 7.84. The molecule has 6 nitrogen and oxygen atoms in total. The van der Waals surface area contributed by atoms with Gasteiger partial charge in [0.25, 0.3) is 0 Å². The fourth-order valence-electron chi connectivity index (χ4n) is 10.2. The lowest BCUT2D eigenvalue weighted by Gasteiger charge is -2.15. The smallest absolute Gasteiger partial charge is 0.160 e. The first-order valence-electron chi connectivity index (χ1n) is 24.5. The highest BCUT2D eigenvalue weighted by Gasteiger charge is 2.21. The second kappa shape index (κ2) is 17.5. The van der Waals surface area contributed by atoms with Crippen LogP contribution in [0.1, 0.15) is 0 Å². The van der Waals surface area contributed by atoms with E-state index in [1.54, 1.807) is 0 Å². The van der Waals surface area contributed by atoms with Crippen LogP contribution in [0.3, 0.4) is 0 Å². The molecule has 0 spiro atoms. The maximum atomic E-state index is 5.47. The quantitative estimate of drug-likeness (QED) is 0.152. The van der Waals surface area contributed by atoms with Crippen LogP contribution in [0.2, 0.25) is 0 Å². The van der Waals surface area contributed by atoms with Crippen LogP contribution in [0.4, 0.5) is 0 Å². The van der Waals surface area contributed by atoms with Gasteiger partial charge in [-0.15, -0.1) is 0 Å². The van der Waals surface area contributed by atoms with E-state index < -0.39 is 0 Å². The molecule has 0 unspecified atom stereocenters. The lowest BCUT2D eigenvalue weighted by atomic mass is 9.99. The molecule has 0 aliphatic carbocycles. The van der Waals surface area contributed by atoms with Crippen LogP contribution in [0.15, 0.2) is 255 Å². The molecule has 14 aromatic rings. The molecule has 0 bridgehead atoms. The van der Waals surface area contributed by atoms with Crippen LogP contribution < -0.4 is 0 Å². The Balaban J connectivity index is 1.04. The molecule has 11 aromatic carbocycles. The van der Waals surface area contributed by atoms with Crippen molar-refractivity contribution in [1.82, 2.24) is 29.5 Å². The lowest BCUT2D eigenvalue weighted by molar-refractivity contribution is 1.10. The van der Waals surface area contributed by atoms with Crippen LogP contribution in [0, 0.1) is 0 Å². The summed E-state index contributed by atoms with van der Waals surface area (Å²) in [6.45, 7) is 0. The van der Waals surface area contributed by atoms with Gasteiger partial charge in [-0.2, -0.15) is 0 Å². The molecule has 73 heavy (non-hydrogen) atoms. The number of rotatable bonds is 8. The highest BCUT2D eigenvalue weighted by atomic mass is 15.1. The summed E-state index contributed by atoms with van der Waals surface area (Å²) in [5.41, 5.74) is 12.6. The van der Waals surface area contributed by atoms with Crippen molar-refractivity contribution in [2.24, 2.45) is 0 Å². The molecule has 0 fully saturated rings. The van der Waals surface area contributed by atoms with Gasteiger partial charge in [-0.25, -0.2) is 24.9 Å². The molecule has 0 aliphatic heterocycles. The summed E-state index contributed by atoms with van der Waals surface area (Å²) in [5.74, 6) is 1.91. The van der Waals surface area contributed by atoms with E-state index in [0.29, 0.717) is 11.6 Å². The van der Waals surface area contributed by atoms with E-state index in [1.807, 2.05) is 12.1 Å². The van der Waals surface area contributed by atoms with Gasteiger partial charge in [0.15, 0.2) is 11.6 Å². The summed E-state index contributed by atoms with van der Waals surface area (Å²) < 4.78 is 2.23. The minimum absolute atomic E-state index is 0.569. The Labute approximate surface area is 421 Å². The minimum atomic E-state index is 0.569. The van der Waals surface area contributed by atoms with Crippen molar-refractivity contribution < 1.29 is 0 Å². The van der Waals surface area contributed by atoms with Crippen LogP contribution in [0.5, 0.6) is 0 Å². The second-order valence-electron chi connectivity index (χ2n) is 18.6. The molecular weight excluding hydrogens is 889 g/mol. The maximum Gasteiger partial charge on any atom is 0.160 e. The van der Waals surface area contributed by atoms with Gasteiger partial charge in [0.05, 0.1) is 33.8 Å². The standard InChI is InChI=1S/C67H42N6/c1-2-22-58(23-3-1)73-64-25-13-12-24-59(64)72-67(73)57-39-55(65-68-60(51-30-26-43-14-4-8-18-47(43)34-51)41-61(69-65)52-31-27-44-15-5-9-19-48(44)35-52)38-56(40-57)66-70-62(53-32-28-45-16-6-10-20-49(45)36-53)42-63(71-66)54-33-29-46-17-7-11-21-50(46)37-54/h1-42H. The zero-order valence-corrected chi connectivity index (χ0v) is 39.4. The van der Waals surface area contributed by atoms with Crippen LogP contribution >= 0.6 is 0 Å². The number of hydrogen-bond donors (Lipinski definition) is 0. The fourth-order valence-corrected chi connectivity index (χ4v) is 10.2. The van der Waals surface area contributed by atoms with Gasteiger partial charge in [-0.3, -0.25) is 4.57 Å². The van der Waals surface area contributed by atoms with Crippen molar-refractivity contribution in [1.29, 1.82) is 0 Å². The number of aromatic nitrogens is 6. The number of imidazole rings is 1. The van der Waals surface area contributed by atoms with Gasteiger partial charge in [0.2, 0.25) is 0 Å². The number of benzene rings is 11. The molecule has 0 radical (unpaired) electrons. The summed E-state index contributed by atoms with van der Waals surface area (Å²) in [6, 6.07) is 89.4.